The van der Waals surface area contributed by atoms with Crippen molar-refractivity contribution < 1.29 is 18.0 Å². The van der Waals surface area contributed by atoms with Crippen LogP contribution in [0.4, 0.5) is 13.2 Å². The first-order valence-electron chi connectivity index (χ1n) is 13.2. The molecule has 2 N–H and O–H groups in total. The van der Waals surface area contributed by atoms with Crippen LogP contribution in [0, 0.1) is 6.04 Å². The van der Waals surface area contributed by atoms with E-state index in [4.69, 9.17) is 0 Å². The number of fused-ring (bicyclic) bond motifs is 1. The van der Waals surface area contributed by atoms with Gasteiger partial charge in [-0.15, -0.1) is 0 Å². The molecule has 1 amide bonds. The summed E-state index contributed by atoms with van der Waals surface area (Å²) in [6, 6.07) is 4.74. The summed E-state index contributed by atoms with van der Waals surface area (Å²) in [7, 11) is 0. The van der Waals surface area contributed by atoms with Gasteiger partial charge >= 0.3 is 6.18 Å². The second-order valence-electron chi connectivity index (χ2n) is 9.98. The van der Waals surface area contributed by atoms with Crippen molar-refractivity contribution in [2.24, 2.45) is 0 Å². The Hall–Kier alpha value is -3.91. The summed E-state index contributed by atoms with van der Waals surface area (Å²) in [5.74, 6) is -1.78. The fraction of sp³-hybridized carbons (Fsp3) is 0.423. The van der Waals surface area contributed by atoms with Gasteiger partial charge in [-0.3, -0.25) is 14.4 Å². The van der Waals surface area contributed by atoms with Crippen LogP contribution in [-0.4, -0.2) is 89.2 Å². The lowest BCUT2D eigenvalue weighted by molar-refractivity contribution is -0.145. The number of nitrogens with zero attached hydrogens (tertiary/aromatic N) is 8. The molecule has 2 fully saturated rings. The van der Waals surface area contributed by atoms with Crippen LogP contribution in [0.15, 0.2) is 37.1 Å². The number of alkyl halides is 3. The van der Waals surface area contributed by atoms with E-state index in [0.29, 0.717) is 19.6 Å². The number of aromatic amines is 1. The van der Waals surface area contributed by atoms with E-state index in [2.05, 4.69) is 40.2 Å². The number of amides is 1. The highest BCUT2D eigenvalue weighted by Crippen LogP contribution is 2.31. The summed E-state index contributed by atoms with van der Waals surface area (Å²) in [5, 5.41) is 8.42. The maximum absolute atomic E-state index is 13.4. The van der Waals surface area contributed by atoms with E-state index in [1.165, 1.54) is 12.4 Å². The third-order valence-electron chi connectivity index (χ3n) is 7.38. The fourth-order valence-corrected chi connectivity index (χ4v) is 5.22. The Kier molecular flexibility index (Phi) is 6.96. The Morgan fingerprint density at radius 2 is 1.98 bits per heavy atom. The predicted octanol–water partition coefficient (Wildman–Crippen LogP) is 2.74. The first-order chi connectivity index (χ1) is 19.3. The molecule has 0 aromatic carbocycles. The summed E-state index contributed by atoms with van der Waals surface area (Å²) in [6.45, 7) is 4.97. The van der Waals surface area contributed by atoms with Gasteiger partial charge in [-0.2, -0.15) is 18.3 Å². The van der Waals surface area contributed by atoms with Crippen molar-refractivity contribution in [3.05, 3.63) is 60.3 Å². The summed E-state index contributed by atoms with van der Waals surface area (Å²) < 4.78 is 42.0. The largest absolute Gasteiger partial charge is 0.451 e. The molecular weight excluding hydrogens is 525 g/mol. The molecule has 1 radical (unpaired) electrons. The number of piperidine rings is 1. The molecule has 0 bridgehead atoms. The summed E-state index contributed by atoms with van der Waals surface area (Å²) in [4.78, 5) is 35.9. The van der Waals surface area contributed by atoms with Crippen LogP contribution in [-0.2, 0) is 12.7 Å². The van der Waals surface area contributed by atoms with Crippen molar-refractivity contribution in [3.63, 3.8) is 0 Å². The molecule has 0 spiro atoms. The zero-order valence-electron chi connectivity index (χ0n) is 21.8. The third-order valence-corrected chi connectivity index (χ3v) is 7.38. The highest BCUT2D eigenvalue weighted by molar-refractivity contribution is 5.92. The third kappa shape index (κ3) is 5.16. The highest BCUT2D eigenvalue weighted by Gasteiger charge is 2.39. The molecule has 0 saturated carbocycles. The van der Waals surface area contributed by atoms with E-state index >= 15 is 0 Å². The van der Waals surface area contributed by atoms with Crippen LogP contribution in [0.25, 0.3) is 22.3 Å². The van der Waals surface area contributed by atoms with Crippen molar-refractivity contribution in [1.29, 1.82) is 0 Å². The van der Waals surface area contributed by atoms with E-state index < -0.39 is 17.9 Å². The maximum Gasteiger partial charge on any atom is 0.451 e. The van der Waals surface area contributed by atoms with Crippen molar-refractivity contribution in [2.75, 3.05) is 32.7 Å². The van der Waals surface area contributed by atoms with E-state index in [1.807, 2.05) is 30.1 Å². The quantitative estimate of drug-likeness (QED) is 0.359. The SMILES string of the molecule is CCNCc1cc(C(=O)N2CCC(N3C[C](n4cc(-c5ncnc6[nH]ccc56)cn4)C3)CC2)nc(C(F)(F)F)n1. The molecular formula is C26H28F3N10O. The number of halogens is 3. The molecule has 14 heteroatoms. The molecule has 209 valence electrons. The average Bonchev–Trinajstić information content (AvgIpc) is 3.60. The maximum atomic E-state index is 13.4. The Balaban J connectivity index is 1.05. The van der Waals surface area contributed by atoms with Gasteiger partial charge in [0.15, 0.2) is 0 Å². The minimum absolute atomic E-state index is 0.130. The molecule has 6 rings (SSSR count). The lowest BCUT2D eigenvalue weighted by atomic mass is 9.97. The first kappa shape index (κ1) is 26.3. The zero-order chi connectivity index (χ0) is 27.9. The number of carbonyl (C=O) groups is 1. The number of carbonyl (C=O) groups excluding carboxylic acids is 1. The first-order valence-corrected chi connectivity index (χ1v) is 13.2. The lowest BCUT2D eigenvalue weighted by Crippen LogP contribution is -2.56. The normalized spacial score (nSPS) is 17.4. The van der Waals surface area contributed by atoms with Crippen LogP contribution in [0.5, 0.6) is 0 Å². The number of hydrogen-bond donors (Lipinski definition) is 2. The number of aromatic nitrogens is 7. The van der Waals surface area contributed by atoms with E-state index in [-0.39, 0.29) is 24.0 Å². The van der Waals surface area contributed by atoms with Gasteiger partial charge in [0.2, 0.25) is 5.82 Å². The van der Waals surface area contributed by atoms with Gasteiger partial charge in [0, 0.05) is 62.1 Å². The standard InChI is InChI=1S/C26H28F3N10O/c1-2-30-11-17-9-21(36-25(35-17)26(27,28)29)24(40)37-7-4-18(5-8-37)38-13-19(14-38)39-12-16(10-34-39)22-20-3-6-31-23(20)33-15-32-22/h3,6,9-10,12,15,18,30H,2,4-5,7-8,11,13-14H2,1H3,(H,31,32,33). The lowest BCUT2D eigenvalue weighted by Gasteiger charge is -2.46. The van der Waals surface area contributed by atoms with Crippen LogP contribution in [0.2, 0.25) is 0 Å². The minimum Gasteiger partial charge on any atom is -0.346 e. The second kappa shape index (κ2) is 10.6. The van der Waals surface area contributed by atoms with Gasteiger partial charge in [-0.1, -0.05) is 6.92 Å². The smallest absolute Gasteiger partial charge is 0.346 e. The highest BCUT2D eigenvalue weighted by atomic mass is 19.4. The fourth-order valence-electron chi connectivity index (χ4n) is 5.22. The molecule has 2 aliphatic heterocycles. The summed E-state index contributed by atoms with van der Waals surface area (Å²) >= 11 is 0. The van der Waals surface area contributed by atoms with Gasteiger partial charge in [0.1, 0.15) is 23.7 Å². The van der Waals surface area contributed by atoms with Crippen LogP contribution < -0.4 is 5.32 Å². The van der Waals surface area contributed by atoms with Gasteiger partial charge in [-0.25, -0.2) is 19.9 Å². The van der Waals surface area contributed by atoms with Crippen molar-refractivity contribution in [3.8, 4) is 11.3 Å². The number of nitrogens with one attached hydrogen (secondary N) is 2. The molecule has 0 unspecified atom stereocenters. The number of H-pyrrole nitrogens is 1. The Morgan fingerprint density at radius 1 is 1.18 bits per heavy atom. The van der Waals surface area contributed by atoms with Gasteiger partial charge in [-0.05, 0) is 31.5 Å². The van der Waals surface area contributed by atoms with Gasteiger partial charge in [0.05, 0.1) is 17.6 Å². The Morgan fingerprint density at radius 3 is 2.73 bits per heavy atom. The molecule has 2 aliphatic rings. The Labute approximate surface area is 227 Å². The summed E-state index contributed by atoms with van der Waals surface area (Å²) in [6.07, 6.45) is 3.88. The van der Waals surface area contributed by atoms with Gasteiger partial charge < -0.3 is 15.2 Å². The minimum atomic E-state index is -4.73. The van der Waals surface area contributed by atoms with E-state index in [9.17, 15) is 18.0 Å². The van der Waals surface area contributed by atoms with Crippen LogP contribution in [0.3, 0.4) is 0 Å². The zero-order valence-corrected chi connectivity index (χ0v) is 21.8. The monoisotopic (exact) mass is 553 g/mol. The molecule has 4 aromatic heterocycles. The van der Waals surface area contributed by atoms with Crippen molar-refractivity contribution >= 4 is 16.9 Å². The van der Waals surface area contributed by atoms with E-state index in [1.54, 1.807) is 11.1 Å². The van der Waals surface area contributed by atoms with Gasteiger partial charge in [0.25, 0.3) is 5.91 Å². The van der Waals surface area contributed by atoms with E-state index in [0.717, 1.165) is 54.3 Å². The average molecular weight is 554 g/mol. The molecule has 40 heavy (non-hydrogen) atoms. The number of hydrogen-bond acceptors (Lipinski definition) is 8. The van der Waals surface area contributed by atoms with Crippen molar-refractivity contribution in [2.45, 2.75) is 38.5 Å². The topological polar surface area (TPSA) is 121 Å². The molecule has 11 nitrogen and oxygen atoms in total. The molecule has 2 saturated heterocycles. The molecule has 6 heterocycles. The predicted molar refractivity (Wildman–Crippen MR) is 139 cm³/mol. The molecule has 0 aliphatic carbocycles. The molecule has 4 aromatic rings. The van der Waals surface area contributed by atoms with Crippen LogP contribution in [0.1, 0.15) is 41.8 Å². The molecule has 0 atom stereocenters. The summed E-state index contributed by atoms with van der Waals surface area (Å²) in [5.41, 5.74) is 2.44. The number of likely N-dealkylation sites (tertiary alicyclic amines) is 2. The number of rotatable bonds is 7. The second-order valence-corrected chi connectivity index (χ2v) is 9.98. The van der Waals surface area contributed by atoms with Crippen molar-refractivity contribution in [1.82, 2.24) is 49.8 Å². The Bertz CT molecular complexity index is 1500. The van der Waals surface area contributed by atoms with Crippen LogP contribution >= 0.6 is 0 Å².